The number of amides is 3. The maximum absolute atomic E-state index is 13.5. The van der Waals surface area contributed by atoms with Gasteiger partial charge in [0, 0.05) is 13.4 Å². The minimum atomic E-state index is -3.62. The Morgan fingerprint density at radius 1 is 1.09 bits per heavy atom. The molecule has 1 N–H and O–H groups in total. The predicted molar refractivity (Wildman–Crippen MR) is 124 cm³/mol. The average molecular weight is 491 g/mol. The Kier molecular flexibility index (Phi) is 7.57. The minimum Gasteiger partial charge on any atom is -0.493 e. The number of nitrogens with one attached hydrogen (secondary N) is 1. The zero-order chi connectivity index (χ0) is 25.0. The van der Waals surface area contributed by atoms with Crippen LogP contribution >= 0.6 is 0 Å². The van der Waals surface area contributed by atoms with Crippen molar-refractivity contribution >= 4 is 33.2 Å². The summed E-state index contributed by atoms with van der Waals surface area (Å²) in [6, 6.07) is 8.08. The first kappa shape index (κ1) is 25.2. The molecule has 0 spiro atoms. The first-order valence-electron chi connectivity index (χ1n) is 10.4. The molecule has 34 heavy (non-hydrogen) atoms. The largest absolute Gasteiger partial charge is 0.493 e. The highest BCUT2D eigenvalue weighted by Gasteiger charge is 2.43. The number of anilines is 1. The predicted octanol–water partition coefficient (Wildman–Crippen LogP) is 2.06. The van der Waals surface area contributed by atoms with Gasteiger partial charge in [0.05, 0.1) is 42.3 Å². The molecule has 0 aliphatic carbocycles. The van der Waals surface area contributed by atoms with E-state index in [9.17, 15) is 22.8 Å². The van der Waals surface area contributed by atoms with Gasteiger partial charge in [0.15, 0.2) is 11.5 Å². The SMILES string of the molecule is CCOc1cc([C@H](CS(C)(=O)=O)N2C(=O)c3cccc(NC(=O)COC)c3C2=O)ccc1OC. The monoisotopic (exact) mass is 490 g/mol. The fourth-order valence-electron chi connectivity index (χ4n) is 3.78. The number of ether oxygens (including phenoxy) is 3. The van der Waals surface area contributed by atoms with Crippen LogP contribution in [0.15, 0.2) is 36.4 Å². The molecule has 1 aliphatic heterocycles. The smallest absolute Gasteiger partial charge is 0.264 e. The Bertz CT molecular complexity index is 1230. The second-order valence-electron chi connectivity index (χ2n) is 7.64. The van der Waals surface area contributed by atoms with E-state index < -0.39 is 39.4 Å². The third-order valence-corrected chi connectivity index (χ3v) is 6.06. The zero-order valence-electron chi connectivity index (χ0n) is 19.3. The number of hydrogen-bond donors (Lipinski definition) is 1. The number of carbonyl (C=O) groups excluding carboxylic acids is 3. The number of sulfone groups is 1. The second-order valence-corrected chi connectivity index (χ2v) is 9.83. The number of nitrogens with zero attached hydrogens (tertiary/aromatic N) is 1. The van der Waals surface area contributed by atoms with Gasteiger partial charge in [-0.2, -0.15) is 0 Å². The van der Waals surface area contributed by atoms with E-state index >= 15 is 0 Å². The van der Waals surface area contributed by atoms with E-state index in [1.807, 2.05) is 0 Å². The van der Waals surface area contributed by atoms with Crippen LogP contribution in [0.25, 0.3) is 0 Å². The quantitative estimate of drug-likeness (QED) is 0.501. The molecule has 2 aromatic carbocycles. The molecular formula is C23H26N2O8S. The van der Waals surface area contributed by atoms with Gasteiger partial charge in [-0.25, -0.2) is 8.42 Å². The lowest BCUT2D eigenvalue weighted by Crippen LogP contribution is -2.37. The molecule has 1 heterocycles. The molecule has 0 aromatic heterocycles. The van der Waals surface area contributed by atoms with Crippen molar-refractivity contribution in [1.82, 2.24) is 4.90 Å². The molecule has 1 atom stereocenters. The molecule has 1 aliphatic rings. The fourth-order valence-corrected chi connectivity index (χ4v) is 4.70. The van der Waals surface area contributed by atoms with Crippen molar-refractivity contribution in [3.8, 4) is 11.5 Å². The van der Waals surface area contributed by atoms with Crippen LogP contribution in [0.3, 0.4) is 0 Å². The van der Waals surface area contributed by atoms with Crippen LogP contribution in [-0.2, 0) is 19.4 Å². The molecule has 0 saturated heterocycles. The van der Waals surface area contributed by atoms with Crippen LogP contribution in [0.2, 0.25) is 0 Å². The maximum Gasteiger partial charge on any atom is 0.264 e. The van der Waals surface area contributed by atoms with Gasteiger partial charge in [-0.3, -0.25) is 19.3 Å². The van der Waals surface area contributed by atoms with Gasteiger partial charge in [-0.1, -0.05) is 12.1 Å². The van der Waals surface area contributed by atoms with Gasteiger partial charge in [0.25, 0.3) is 11.8 Å². The number of benzene rings is 2. The van der Waals surface area contributed by atoms with E-state index in [2.05, 4.69) is 5.32 Å². The topological polar surface area (TPSA) is 128 Å². The molecule has 2 aromatic rings. The molecule has 3 rings (SSSR count). The Morgan fingerprint density at radius 3 is 2.44 bits per heavy atom. The molecule has 0 radical (unpaired) electrons. The standard InChI is InChI=1S/C23H26N2O8S/c1-5-33-19-11-14(9-10-18(19)32-3)17(13-34(4,29)30)25-22(27)15-7-6-8-16(21(15)23(25)28)24-20(26)12-31-2/h6-11,17H,5,12-13H2,1-4H3,(H,24,26)/t17-/m0/s1. The van der Waals surface area contributed by atoms with Gasteiger partial charge in [0.2, 0.25) is 5.91 Å². The van der Waals surface area contributed by atoms with Gasteiger partial charge >= 0.3 is 0 Å². The van der Waals surface area contributed by atoms with Crippen LogP contribution in [0.4, 0.5) is 5.69 Å². The van der Waals surface area contributed by atoms with Crippen LogP contribution in [0.1, 0.15) is 39.2 Å². The highest BCUT2D eigenvalue weighted by molar-refractivity contribution is 7.90. The molecule has 11 heteroatoms. The van der Waals surface area contributed by atoms with Crippen LogP contribution in [0.5, 0.6) is 11.5 Å². The van der Waals surface area contributed by atoms with E-state index in [0.29, 0.717) is 23.7 Å². The van der Waals surface area contributed by atoms with Gasteiger partial charge < -0.3 is 19.5 Å². The van der Waals surface area contributed by atoms with Crippen LogP contribution in [0, 0.1) is 0 Å². The van der Waals surface area contributed by atoms with Gasteiger partial charge in [-0.15, -0.1) is 0 Å². The molecule has 0 unspecified atom stereocenters. The molecule has 0 saturated carbocycles. The Balaban J connectivity index is 2.09. The number of rotatable bonds is 10. The second kappa shape index (κ2) is 10.2. The Morgan fingerprint density at radius 2 is 1.82 bits per heavy atom. The summed E-state index contributed by atoms with van der Waals surface area (Å²) in [5, 5.41) is 2.56. The summed E-state index contributed by atoms with van der Waals surface area (Å²) in [6.45, 7) is 1.87. The van der Waals surface area contributed by atoms with E-state index in [0.717, 1.165) is 11.2 Å². The van der Waals surface area contributed by atoms with Crippen molar-refractivity contribution in [1.29, 1.82) is 0 Å². The first-order chi connectivity index (χ1) is 16.1. The summed E-state index contributed by atoms with van der Waals surface area (Å²) in [6.07, 6.45) is 1.03. The molecule has 182 valence electrons. The summed E-state index contributed by atoms with van der Waals surface area (Å²) in [7, 11) is -0.804. The summed E-state index contributed by atoms with van der Waals surface area (Å²) in [4.78, 5) is 39.7. The third-order valence-electron chi connectivity index (χ3n) is 5.14. The average Bonchev–Trinajstić information content (AvgIpc) is 3.03. The first-order valence-corrected chi connectivity index (χ1v) is 12.5. The third kappa shape index (κ3) is 5.20. The zero-order valence-corrected chi connectivity index (χ0v) is 20.1. The van der Waals surface area contributed by atoms with Gasteiger partial charge in [0.1, 0.15) is 16.4 Å². The number of carbonyl (C=O) groups is 3. The van der Waals surface area contributed by atoms with Crippen molar-refractivity contribution in [2.24, 2.45) is 0 Å². The van der Waals surface area contributed by atoms with Crippen molar-refractivity contribution in [3.63, 3.8) is 0 Å². The molecular weight excluding hydrogens is 464 g/mol. The maximum atomic E-state index is 13.5. The van der Waals surface area contributed by atoms with Crippen LogP contribution < -0.4 is 14.8 Å². The summed E-state index contributed by atoms with van der Waals surface area (Å²) in [5.74, 6) is -1.60. The normalized spacial score (nSPS) is 14.1. The van der Waals surface area contributed by atoms with Gasteiger partial charge in [-0.05, 0) is 36.8 Å². The Hall–Kier alpha value is -3.44. The summed E-state index contributed by atoms with van der Waals surface area (Å²) < 4.78 is 40.3. The molecule has 0 bridgehead atoms. The molecule has 3 amide bonds. The van der Waals surface area contributed by atoms with E-state index in [-0.39, 0.29) is 23.4 Å². The summed E-state index contributed by atoms with van der Waals surface area (Å²) >= 11 is 0. The highest BCUT2D eigenvalue weighted by atomic mass is 32.2. The number of fused-ring (bicyclic) bond motifs is 1. The Labute approximate surface area is 197 Å². The van der Waals surface area contributed by atoms with Crippen molar-refractivity contribution < 1.29 is 37.0 Å². The van der Waals surface area contributed by atoms with Crippen molar-refractivity contribution in [2.45, 2.75) is 13.0 Å². The lowest BCUT2D eigenvalue weighted by molar-refractivity contribution is -0.119. The number of methoxy groups -OCH3 is 2. The number of imide groups is 1. The summed E-state index contributed by atoms with van der Waals surface area (Å²) in [5.41, 5.74) is 0.587. The molecule has 0 fully saturated rings. The lowest BCUT2D eigenvalue weighted by atomic mass is 10.1. The number of hydrogen-bond acceptors (Lipinski definition) is 8. The van der Waals surface area contributed by atoms with Crippen molar-refractivity contribution in [3.05, 3.63) is 53.1 Å². The lowest BCUT2D eigenvalue weighted by Gasteiger charge is -2.27. The fraction of sp³-hybridized carbons (Fsp3) is 0.348. The minimum absolute atomic E-state index is 0.00556. The van der Waals surface area contributed by atoms with E-state index in [1.54, 1.807) is 25.1 Å². The van der Waals surface area contributed by atoms with E-state index in [4.69, 9.17) is 14.2 Å². The van der Waals surface area contributed by atoms with Crippen molar-refractivity contribution in [2.75, 3.05) is 44.8 Å². The molecule has 10 nitrogen and oxygen atoms in total. The van der Waals surface area contributed by atoms with E-state index in [1.165, 1.54) is 32.4 Å². The van der Waals surface area contributed by atoms with Crippen LogP contribution in [-0.4, -0.2) is 70.5 Å². The highest BCUT2D eigenvalue weighted by Crippen LogP contribution is 2.38.